The van der Waals surface area contributed by atoms with E-state index in [0.717, 1.165) is 25.1 Å². The number of urea groups is 1. The minimum atomic E-state index is -0.116. The van der Waals surface area contributed by atoms with Crippen LogP contribution < -0.4 is 10.1 Å². The van der Waals surface area contributed by atoms with Gasteiger partial charge in [-0.15, -0.1) is 0 Å². The largest absolute Gasteiger partial charge is 0.490 e. The Morgan fingerprint density at radius 2 is 2.17 bits per heavy atom. The monoisotopic (exact) mass is 348 g/mol. The van der Waals surface area contributed by atoms with Crippen LogP contribution in [0.4, 0.5) is 4.79 Å². The molecule has 1 aromatic rings. The van der Waals surface area contributed by atoms with E-state index in [0.29, 0.717) is 23.9 Å². The van der Waals surface area contributed by atoms with E-state index in [-0.39, 0.29) is 12.1 Å². The lowest BCUT2D eigenvalue weighted by molar-refractivity contribution is 0.112. The Labute approximate surface area is 146 Å². The highest BCUT2D eigenvalue weighted by atomic mass is 35.5. The first-order chi connectivity index (χ1) is 11.6. The lowest BCUT2D eigenvalue weighted by Gasteiger charge is -2.32. The van der Waals surface area contributed by atoms with Gasteiger partial charge in [0.2, 0.25) is 0 Å². The maximum absolute atomic E-state index is 12.3. The zero-order chi connectivity index (χ0) is 16.9. The van der Waals surface area contributed by atoms with Crippen molar-refractivity contribution >= 4 is 23.5 Å². The van der Waals surface area contributed by atoms with Crippen molar-refractivity contribution in [3.63, 3.8) is 0 Å². The van der Waals surface area contributed by atoms with E-state index >= 15 is 0 Å². The molecule has 0 aromatic heterocycles. The molecule has 0 unspecified atom stereocenters. The fourth-order valence-electron chi connectivity index (χ4n) is 2.74. The van der Waals surface area contributed by atoms with Crippen LogP contribution in [-0.2, 0) is 0 Å². The third-order valence-electron chi connectivity index (χ3n) is 3.99. The summed E-state index contributed by atoms with van der Waals surface area (Å²) in [7, 11) is 1.87. The van der Waals surface area contributed by atoms with E-state index in [9.17, 15) is 4.79 Å². The number of amides is 2. The topological polar surface area (TPSA) is 57.2 Å². The maximum atomic E-state index is 12.3. The van der Waals surface area contributed by atoms with Gasteiger partial charge in [-0.3, -0.25) is 10.3 Å². The van der Waals surface area contributed by atoms with Gasteiger partial charge in [-0.2, -0.15) is 5.10 Å². The number of carbonyl (C=O) groups is 1. The van der Waals surface area contributed by atoms with Gasteiger partial charge in [-0.25, -0.2) is 4.79 Å². The van der Waals surface area contributed by atoms with Crippen LogP contribution in [0.15, 0.2) is 41.5 Å². The highest BCUT2D eigenvalue weighted by Crippen LogP contribution is 2.22. The van der Waals surface area contributed by atoms with Gasteiger partial charge >= 0.3 is 6.03 Å². The number of rotatable bonds is 2. The molecule has 128 valence electrons. The average molecular weight is 349 g/mol. The van der Waals surface area contributed by atoms with Gasteiger partial charge in [0.25, 0.3) is 0 Å². The first kappa shape index (κ1) is 16.6. The van der Waals surface area contributed by atoms with Crippen LogP contribution in [0.5, 0.6) is 5.75 Å². The summed E-state index contributed by atoms with van der Waals surface area (Å²) in [5.74, 6) is 1.35. The fourth-order valence-corrected chi connectivity index (χ4v) is 2.92. The van der Waals surface area contributed by atoms with Crippen molar-refractivity contribution < 1.29 is 9.53 Å². The Hall–Kier alpha value is -2.21. The quantitative estimate of drug-likeness (QED) is 0.894. The first-order valence-corrected chi connectivity index (χ1v) is 8.42. The molecule has 2 heterocycles. The Morgan fingerprint density at radius 1 is 1.38 bits per heavy atom. The molecule has 0 spiro atoms. The number of ether oxygens (including phenoxy) is 1. The van der Waals surface area contributed by atoms with Crippen molar-refractivity contribution in [1.82, 2.24) is 15.2 Å². The van der Waals surface area contributed by atoms with Gasteiger partial charge in [0, 0.05) is 38.0 Å². The molecule has 0 bridgehead atoms. The van der Waals surface area contributed by atoms with Crippen LogP contribution in [0, 0.1) is 0 Å². The minimum Gasteiger partial charge on any atom is -0.490 e. The molecule has 1 saturated heterocycles. The molecule has 7 heteroatoms. The summed E-state index contributed by atoms with van der Waals surface area (Å²) < 4.78 is 5.94. The third-order valence-corrected chi connectivity index (χ3v) is 4.22. The van der Waals surface area contributed by atoms with E-state index in [1.165, 1.54) is 0 Å². The van der Waals surface area contributed by atoms with Crippen molar-refractivity contribution in [2.45, 2.75) is 18.9 Å². The number of nitrogens with zero attached hydrogens (tertiary/aromatic N) is 3. The molecule has 24 heavy (non-hydrogen) atoms. The normalized spacial score (nSPS) is 18.3. The molecule has 2 aliphatic rings. The summed E-state index contributed by atoms with van der Waals surface area (Å²) in [6, 6.07) is 7.28. The Bertz CT molecular complexity index is 654. The Morgan fingerprint density at radius 3 is 2.88 bits per heavy atom. The van der Waals surface area contributed by atoms with E-state index in [1.807, 2.05) is 43.5 Å². The molecule has 2 amide bonds. The third kappa shape index (κ3) is 4.41. The fraction of sp³-hybridized carbons (Fsp3) is 0.412. The summed E-state index contributed by atoms with van der Waals surface area (Å²) >= 11 is 5.97. The van der Waals surface area contributed by atoms with Gasteiger partial charge < -0.3 is 9.64 Å². The molecule has 0 atom stereocenters. The lowest BCUT2D eigenvalue weighted by Crippen LogP contribution is -2.48. The highest BCUT2D eigenvalue weighted by molar-refractivity contribution is 6.30. The smallest absolute Gasteiger partial charge is 0.323 e. The molecular weight excluding hydrogens is 328 g/mol. The number of carbonyl (C=O) groups excluding carboxylic acids is 1. The van der Waals surface area contributed by atoms with Crippen molar-refractivity contribution in [2.24, 2.45) is 5.10 Å². The number of hydrogen-bond acceptors (Lipinski definition) is 4. The van der Waals surface area contributed by atoms with Crippen molar-refractivity contribution in [3.05, 3.63) is 41.4 Å². The summed E-state index contributed by atoms with van der Waals surface area (Å²) in [5, 5.41) is 9.55. The number of hydrogen-bond donors (Lipinski definition) is 1. The SMILES string of the molecule is CN1CC=CC(NC(=O)N2CCC(Oc3cccc(Cl)c3)CC2)=N1. The minimum absolute atomic E-state index is 0.102. The number of hydrazone groups is 1. The molecule has 0 saturated carbocycles. The average Bonchev–Trinajstić information content (AvgIpc) is 2.55. The van der Waals surface area contributed by atoms with Gasteiger partial charge in [0.15, 0.2) is 5.84 Å². The molecule has 1 aromatic carbocycles. The summed E-state index contributed by atoms with van der Waals surface area (Å²) in [6.45, 7) is 2.07. The zero-order valence-corrected chi connectivity index (χ0v) is 14.4. The predicted molar refractivity (Wildman–Crippen MR) is 94.4 cm³/mol. The molecule has 0 radical (unpaired) electrons. The van der Waals surface area contributed by atoms with Gasteiger partial charge in [-0.05, 0) is 24.3 Å². The number of likely N-dealkylation sites (tertiary alicyclic amines) is 1. The van der Waals surface area contributed by atoms with Gasteiger partial charge in [0.05, 0.1) is 6.54 Å². The number of halogens is 1. The predicted octanol–water partition coefficient (Wildman–Crippen LogP) is 2.71. The number of amidine groups is 1. The van der Waals surface area contributed by atoms with Crippen molar-refractivity contribution in [3.8, 4) is 5.75 Å². The van der Waals surface area contributed by atoms with Crippen molar-refractivity contribution in [1.29, 1.82) is 0 Å². The summed E-state index contributed by atoms with van der Waals surface area (Å²) in [4.78, 5) is 14.1. The van der Waals surface area contributed by atoms with E-state index in [1.54, 1.807) is 9.91 Å². The number of likely N-dealkylation sites (N-methyl/N-ethyl adjacent to an activating group) is 1. The van der Waals surface area contributed by atoms with Crippen LogP contribution >= 0.6 is 11.6 Å². The van der Waals surface area contributed by atoms with Gasteiger partial charge in [-0.1, -0.05) is 23.7 Å². The molecular formula is C17H21ClN4O2. The molecule has 0 aliphatic carbocycles. The van der Waals surface area contributed by atoms with E-state index in [2.05, 4.69) is 10.4 Å². The van der Waals surface area contributed by atoms with Crippen LogP contribution in [0.25, 0.3) is 0 Å². The summed E-state index contributed by atoms with van der Waals surface area (Å²) in [5.41, 5.74) is 0. The summed E-state index contributed by atoms with van der Waals surface area (Å²) in [6.07, 6.45) is 5.48. The second-order valence-corrected chi connectivity index (χ2v) is 6.36. The number of benzene rings is 1. The maximum Gasteiger partial charge on any atom is 0.323 e. The molecule has 1 N–H and O–H groups in total. The molecule has 2 aliphatic heterocycles. The highest BCUT2D eigenvalue weighted by Gasteiger charge is 2.24. The standard InChI is InChI=1S/C17H21ClN4O2/c1-21-9-3-6-16(20-21)19-17(23)22-10-7-14(8-11-22)24-15-5-2-4-13(18)12-15/h2-6,12,14H,7-11H2,1H3,(H,19,20,23). The second kappa shape index (κ2) is 7.57. The second-order valence-electron chi connectivity index (χ2n) is 5.92. The van der Waals surface area contributed by atoms with E-state index in [4.69, 9.17) is 16.3 Å². The lowest BCUT2D eigenvalue weighted by atomic mass is 10.1. The van der Waals surface area contributed by atoms with E-state index < -0.39 is 0 Å². The Kier molecular flexibility index (Phi) is 5.25. The van der Waals surface area contributed by atoms with Gasteiger partial charge in [0.1, 0.15) is 11.9 Å². The molecule has 3 rings (SSSR count). The van der Waals surface area contributed by atoms with Crippen LogP contribution in [0.3, 0.4) is 0 Å². The van der Waals surface area contributed by atoms with Crippen molar-refractivity contribution in [2.75, 3.05) is 26.7 Å². The zero-order valence-electron chi connectivity index (χ0n) is 13.6. The molecule has 1 fully saturated rings. The number of piperidine rings is 1. The molecule has 6 nitrogen and oxygen atoms in total. The Balaban J connectivity index is 1.48. The van der Waals surface area contributed by atoms with Crippen LogP contribution in [-0.4, -0.2) is 54.6 Å². The van der Waals surface area contributed by atoms with Crippen LogP contribution in [0.2, 0.25) is 5.02 Å². The first-order valence-electron chi connectivity index (χ1n) is 8.04. The van der Waals surface area contributed by atoms with Crippen LogP contribution in [0.1, 0.15) is 12.8 Å². The number of nitrogens with one attached hydrogen (secondary N) is 1.